The Labute approximate surface area is 442 Å². The minimum absolute atomic E-state index is 0.0250. The van der Waals surface area contributed by atoms with Gasteiger partial charge in [-0.25, -0.2) is 4.39 Å². The SMILES string of the molecule is CN[C@@H](C)C(=O)NC(C(=O)N1Cc2ccccc2C[C@H]1C(=O)N(CC1CC1C(=O)N[C@H]1CC(C(=O)N[C@@H]2CCCc3ccccc32)N(C(=O)[C@@H](NC(=O)[C@H](C)NC)C(C)(C)C)C1)[C@H](C)c1ccccc1F)C(C)(C)C. The summed E-state index contributed by atoms with van der Waals surface area (Å²) in [4.78, 5) is 105. The first-order valence-electron chi connectivity index (χ1n) is 26.8. The molecular weight excluding hydrogens is 954 g/mol. The summed E-state index contributed by atoms with van der Waals surface area (Å²) in [6, 6.07) is 15.1. The summed E-state index contributed by atoms with van der Waals surface area (Å²) >= 11 is 0. The van der Waals surface area contributed by atoms with Crippen LogP contribution >= 0.6 is 0 Å². The first-order chi connectivity index (χ1) is 35.4. The normalized spacial score (nSPS) is 23.3. The van der Waals surface area contributed by atoms with Gasteiger partial charge in [0.2, 0.25) is 41.4 Å². The Hall–Kier alpha value is -6.20. The second-order valence-electron chi connectivity index (χ2n) is 23.5. The fourth-order valence-corrected chi connectivity index (χ4v) is 10.9. The zero-order valence-corrected chi connectivity index (χ0v) is 45.7. The van der Waals surface area contributed by atoms with Gasteiger partial charge in [-0.2, -0.15) is 0 Å². The number of halogens is 1. The third-order valence-corrected chi connectivity index (χ3v) is 16.0. The minimum Gasteiger partial charge on any atom is -0.351 e. The summed E-state index contributed by atoms with van der Waals surface area (Å²) < 4.78 is 15.8. The highest BCUT2D eigenvalue weighted by atomic mass is 19.1. The van der Waals surface area contributed by atoms with E-state index in [-0.39, 0.29) is 73.6 Å². The maximum Gasteiger partial charge on any atom is 0.246 e. The highest BCUT2D eigenvalue weighted by molar-refractivity contribution is 5.96. The summed E-state index contributed by atoms with van der Waals surface area (Å²) in [6.45, 7) is 16.5. The zero-order valence-electron chi connectivity index (χ0n) is 45.7. The van der Waals surface area contributed by atoms with E-state index >= 15 is 9.18 Å². The van der Waals surface area contributed by atoms with E-state index in [1.807, 2.05) is 84.0 Å². The topological polar surface area (TPSA) is 201 Å². The smallest absolute Gasteiger partial charge is 0.246 e. The van der Waals surface area contributed by atoms with Gasteiger partial charge in [0.25, 0.3) is 0 Å². The molecule has 0 bridgehead atoms. The van der Waals surface area contributed by atoms with Crippen molar-refractivity contribution in [1.82, 2.24) is 46.6 Å². The lowest BCUT2D eigenvalue weighted by atomic mass is 9.84. The fourth-order valence-electron chi connectivity index (χ4n) is 10.9. The molecule has 3 aromatic carbocycles. The van der Waals surface area contributed by atoms with E-state index < -0.39 is 88.6 Å². The number of likely N-dealkylation sites (N-methyl/N-ethyl adjacent to an activating group) is 2. The molecule has 0 aromatic heterocycles. The van der Waals surface area contributed by atoms with E-state index in [1.54, 1.807) is 62.9 Å². The van der Waals surface area contributed by atoms with Gasteiger partial charge in [0.1, 0.15) is 30.0 Å². The number of likely N-dealkylation sites (tertiary alicyclic amines) is 1. The van der Waals surface area contributed by atoms with Crippen molar-refractivity contribution in [2.75, 3.05) is 27.2 Å². The van der Waals surface area contributed by atoms with Crippen molar-refractivity contribution in [2.45, 2.75) is 162 Å². The molecule has 4 aliphatic rings. The lowest BCUT2D eigenvalue weighted by molar-refractivity contribution is -0.152. The van der Waals surface area contributed by atoms with Crippen molar-refractivity contribution in [1.29, 1.82) is 0 Å². The van der Waals surface area contributed by atoms with E-state index in [0.717, 1.165) is 36.0 Å². The highest BCUT2D eigenvalue weighted by Gasteiger charge is 2.51. The number of amides is 7. The molecule has 16 nitrogen and oxygen atoms in total. The molecule has 75 heavy (non-hydrogen) atoms. The molecule has 6 N–H and O–H groups in total. The number of nitrogens with zero attached hydrogens (tertiary/aromatic N) is 3. The van der Waals surface area contributed by atoms with Crippen LogP contribution in [0.4, 0.5) is 4.39 Å². The van der Waals surface area contributed by atoms with Crippen LogP contribution in [0.3, 0.4) is 0 Å². The molecule has 4 unspecified atom stereocenters. The molecule has 2 aliphatic heterocycles. The molecule has 3 aromatic rings. The largest absolute Gasteiger partial charge is 0.351 e. The van der Waals surface area contributed by atoms with Crippen molar-refractivity contribution in [3.63, 3.8) is 0 Å². The van der Waals surface area contributed by atoms with E-state index in [2.05, 4.69) is 38.0 Å². The molecular formula is C58H80FN9O7. The van der Waals surface area contributed by atoms with E-state index in [0.29, 0.717) is 6.42 Å². The summed E-state index contributed by atoms with van der Waals surface area (Å²) in [5.41, 5.74) is 2.77. The molecule has 2 fully saturated rings. The summed E-state index contributed by atoms with van der Waals surface area (Å²) in [5.74, 6) is -4.01. The van der Waals surface area contributed by atoms with Gasteiger partial charge in [0, 0.05) is 43.6 Å². The number of benzene rings is 3. The predicted octanol–water partition coefficient (Wildman–Crippen LogP) is 4.86. The third kappa shape index (κ3) is 12.9. The standard InChI is InChI=1S/C58H80FN9O7/c1-33(60-10)50(69)64-48(57(4,5)6)55(74)67-30-38-21-13-12-20-37(38)28-47(67)54(73)66(35(3)41-23-16-17-25-44(41)59)31-39-27-43(39)52(71)62-40-29-46(53(72)63-45-26-18-22-36-19-14-15-24-42(36)45)68(32-40)56(75)49(58(7,8)9)65-51(70)34(2)61-11/h12-17,19-21,23-25,33-35,39-40,43,45-49,60-61H,18,22,26-32H2,1-11H3,(H,62,71)(H,63,72)(H,64,69)(H,65,70)/t33-,34-,35+,39?,40-,43?,45+,46?,47-,48?,49+/m0/s1. The number of rotatable bonds is 17. The first-order valence-corrected chi connectivity index (χ1v) is 26.8. The maximum absolute atomic E-state index is 15.8. The molecule has 406 valence electrons. The second-order valence-corrected chi connectivity index (χ2v) is 23.5. The van der Waals surface area contributed by atoms with Crippen molar-refractivity contribution in [3.05, 3.63) is 106 Å². The van der Waals surface area contributed by atoms with Gasteiger partial charge in [-0.05, 0) is 112 Å². The van der Waals surface area contributed by atoms with E-state index in [9.17, 15) is 28.8 Å². The lowest BCUT2D eigenvalue weighted by Crippen LogP contribution is -2.62. The molecule has 0 radical (unpaired) electrons. The summed E-state index contributed by atoms with van der Waals surface area (Å²) in [6.07, 6.45) is 3.26. The molecule has 0 spiro atoms. The molecule has 7 rings (SSSR count). The molecule has 1 saturated carbocycles. The number of hydrogen-bond acceptors (Lipinski definition) is 9. The van der Waals surface area contributed by atoms with Gasteiger partial charge < -0.3 is 46.6 Å². The van der Waals surface area contributed by atoms with Crippen LogP contribution in [0.2, 0.25) is 0 Å². The van der Waals surface area contributed by atoms with Crippen molar-refractivity contribution >= 4 is 41.4 Å². The van der Waals surface area contributed by atoms with Crippen LogP contribution in [-0.2, 0) is 52.9 Å². The Bertz CT molecular complexity index is 2610. The number of fused-ring (bicyclic) bond motifs is 2. The molecule has 7 amide bonds. The fraction of sp³-hybridized carbons (Fsp3) is 0.569. The van der Waals surface area contributed by atoms with Crippen LogP contribution in [0.1, 0.15) is 128 Å². The minimum atomic E-state index is -1.02. The zero-order chi connectivity index (χ0) is 54.7. The number of carbonyl (C=O) groups is 7. The molecule has 2 aliphatic carbocycles. The Kier molecular flexibility index (Phi) is 17.6. The number of hydrogen-bond donors (Lipinski definition) is 6. The summed E-state index contributed by atoms with van der Waals surface area (Å²) in [7, 11) is 3.32. The second kappa shape index (κ2) is 23.4. The number of carbonyl (C=O) groups excluding carboxylic acids is 7. The lowest BCUT2D eigenvalue weighted by Gasteiger charge is -2.43. The first kappa shape index (κ1) is 56.5. The van der Waals surface area contributed by atoms with Crippen LogP contribution in [0.15, 0.2) is 72.8 Å². The van der Waals surface area contributed by atoms with Gasteiger partial charge in [-0.15, -0.1) is 0 Å². The van der Waals surface area contributed by atoms with Crippen LogP contribution in [-0.4, -0.2) is 126 Å². The monoisotopic (exact) mass is 1030 g/mol. The van der Waals surface area contributed by atoms with Crippen molar-refractivity contribution in [3.8, 4) is 0 Å². The van der Waals surface area contributed by atoms with Gasteiger partial charge in [-0.3, -0.25) is 33.6 Å². The average molecular weight is 1030 g/mol. The van der Waals surface area contributed by atoms with Gasteiger partial charge in [0.05, 0.1) is 24.2 Å². The molecule has 11 atom stereocenters. The van der Waals surface area contributed by atoms with Gasteiger partial charge in [0.15, 0.2) is 0 Å². The predicted molar refractivity (Wildman–Crippen MR) is 285 cm³/mol. The quantitative estimate of drug-likeness (QED) is 0.109. The van der Waals surface area contributed by atoms with Crippen molar-refractivity contribution < 1.29 is 38.0 Å². The highest BCUT2D eigenvalue weighted by Crippen LogP contribution is 2.42. The molecule has 17 heteroatoms. The van der Waals surface area contributed by atoms with Crippen molar-refractivity contribution in [2.24, 2.45) is 22.7 Å². The third-order valence-electron chi connectivity index (χ3n) is 16.0. The van der Waals surface area contributed by atoms with Crippen LogP contribution in [0.5, 0.6) is 0 Å². The Morgan fingerprint density at radius 2 is 1.24 bits per heavy atom. The van der Waals surface area contributed by atoms with Crippen LogP contribution in [0, 0.1) is 28.5 Å². The molecule has 2 heterocycles. The summed E-state index contributed by atoms with van der Waals surface area (Å²) in [5, 5.41) is 18.1. The van der Waals surface area contributed by atoms with Crippen LogP contribution in [0.25, 0.3) is 0 Å². The Morgan fingerprint density at radius 1 is 0.680 bits per heavy atom. The number of aryl methyl sites for hydroxylation is 1. The average Bonchev–Trinajstić information content (AvgIpc) is 4.04. The Morgan fingerprint density at radius 3 is 1.84 bits per heavy atom. The van der Waals surface area contributed by atoms with Gasteiger partial charge >= 0.3 is 0 Å². The number of nitrogens with one attached hydrogen (secondary N) is 6. The molecule has 1 saturated heterocycles. The van der Waals surface area contributed by atoms with Gasteiger partial charge in [-0.1, -0.05) is 108 Å². The van der Waals surface area contributed by atoms with Crippen LogP contribution < -0.4 is 31.9 Å². The van der Waals surface area contributed by atoms with E-state index in [1.165, 1.54) is 16.5 Å². The van der Waals surface area contributed by atoms with E-state index in [4.69, 9.17) is 0 Å². The Balaban J connectivity index is 1.14. The maximum atomic E-state index is 15.8.